The molecule has 130 valence electrons. The second kappa shape index (κ2) is 7.94. The van der Waals surface area contributed by atoms with E-state index in [1.807, 2.05) is 0 Å². The summed E-state index contributed by atoms with van der Waals surface area (Å²) in [5, 5.41) is 0.530. The molecule has 0 spiro atoms. The average molecular weight is 359 g/mol. The summed E-state index contributed by atoms with van der Waals surface area (Å²) in [4.78, 5) is 40.0. The van der Waals surface area contributed by atoms with Gasteiger partial charge in [0.2, 0.25) is 5.91 Å². The number of rotatable bonds is 5. The minimum absolute atomic E-state index is 0.0602. The minimum Gasteiger partial charge on any atom is -0.347 e. The fraction of sp³-hybridized carbons (Fsp3) is 0.211. The average Bonchev–Trinajstić information content (AvgIpc) is 2.61. The van der Waals surface area contributed by atoms with Crippen LogP contribution < -0.4 is 0 Å². The lowest BCUT2D eigenvalue weighted by molar-refractivity contribution is -0.129. The Morgan fingerprint density at radius 3 is 2.00 bits per heavy atom. The first kappa shape index (κ1) is 18.7. The molecular weight excluding hydrogens is 340 g/mol. The molecule has 0 unspecified atom stereocenters. The predicted octanol–water partition coefficient (Wildman–Crippen LogP) is 2.73. The van der Waals surface area contributed by atoms with Crippen LogP contribution in [0.2, 0.25) is 5.02 Å². The van der Waals surface area contributed by atoms with Gasteiger partial charge in [0.1, 0.15) is 0 Å². The third kappa shape index (κ3) is 4.45. The summed E-state index contributed by atoms with van der Waals surface area (Å²) >= 11 is 5.85. The summed E-state index contributed by atoms with van der Waals surface area (Å²) in [6.07, 6.45) is 0. The van der Waals surface area contributed by atoms with Crippen LogP contribution in [0.3, 0.4) is 0 Å². The summed E-state index contributed by atoms with van der Waals surface area (Å²) in [6, 6.07) is 13.1. The highest BCUT2D eigenvalue weighted by molar-refractivity contribution is 6.30. The Bertz CT molecular complexity index is 801. The lowest BCUT2D eigenvalue weighted by atomic mass is 9.97. The van der Waals surface area contributed by atoms with E-state index in [1.165, 1.54) is 16.8 Å². The highest BCUT2D eigenvalue weighted by Crippen LogP contribution is 2.18. The molecule has 0 saturated heterocycles. The first-order valence-corrected chi connectivity index (χ1v) is 8.04. The first-order valence-electron chi connectivity index (χ1n) is 7.66. The van der Waals surface area contributed by atoms with Crippen molar-refractivity contribution >= 4 is 29.2 Å². The molecule has 0 aliphatic heterocycles. The summed E-state index contributed by atoms with van der Waals surface area (Å²) in [6.45, 7) is -0.0602. The van der Waals surface area contributed by atoms with Crippen molar-refractivity contribution in [3.05, 3.63) is 70.2 Å². The largest absolute Gasteiger partial charge is 0.347 e. The second-order valence-corrected chi connectivity index (χ2v) is 6.27. The third-order valence-electron chi connectivity index (χ3n) is 3.73. The van der Waals surface area contributed by atoms with Gasteiger partial charge in [0, 0.05) is 37.3 Å². The van der Waals surface area contributed by atoms with Crippen LogP contribution in [0.1, 0.15) is 26.3 Å². The number of carbonyl (C=O) groups excluding carboxylic acids is 3. The van der Waals surface area contributed by atoms with E-state index in [2.05, 4.69) is 0 Å². The number of likely N-dealkylation sites (N-methyl/N-ethyl adjacent to an activating group) is 2. The maximum atomic E-state index is 12.7. The van der Waals surface area contributed by atoms with Gasteiger partial charge in [-0.15, -0.1) is 0 Å². The summed E-state index contributed by atoms with van der Waals surface area (Å²) < 4.78 is 0. The van der Waals surface area contributed by atoms with Crippen molar-refractivity contribution < 1.29 is 14.4 Å². The van der Waals surface area contributed by atoms with Gasteiger partial charge in [-0.1, -0.05) is 29.8 Å². The molecule has 25 heavy (non-hydrogen) atoms. The molecule has 0 aliphatic carbocycles. The molecule has 0 aromatic heterocycles. The van der Waals surface area contributed by atoms with Crippen LogP contribution in [0.4, 0.5) is 0 Å². The van der Waals surface area contributed by atoms with Gasteiger partial charge >= 0.3 is 0 Å². The van der Waals surface area contributed by atoms with Crippen molar-refractivity contribution in [2.24, 2.45) is 0 Å². The molecule has 0 fully saturated rings. The zero-order valence-corrected chi connectivity index (χ0v) is 15.1. The van der Waals surface area contributed by atoms with Crippen molar-refractivity contribution in [2.45, 2.75) is 0 Å². The van der Waals surface area contributed by atoms with Gasteiger partial charge in [-0.25, -0.2) is 0 Å². The molecule has 0 bridgehead atoms. The molecular formula is C19H19ClN2O3. The molecule has 0 aliphatic rings. The van der Waals surface area contributed by atoms with Crippen LogP contribution in [0.5, 0.6) is 0 Å². The fourth-order valence-corrected chi connectivity index (χ4v) is 2.37. The lowest BCUT2D eigenvalue weighted by Gasteiger charge is -2.20. The van der Waals surface area contributed by atoms with Crippen LogP contribution in [-0.2, 0) is 4.79 Å². The molecule has 2 aromatic carbocycles. The molecule has 0 heterocycles. The number of ketones is 1. The molecule has 0 N–H and O–H groups in total. The van der Waals surface area contributed by atoms with Crippen LogP contribution in [-0.4, -0.2) is 55.1 Å². The van der Waals surface area contributed by atoms with Gasteiger partial charge in [-0.2, -0.15) is 0 Å². The highest BCUT2D eigenvalue weighted by Gasteiger charge is 2.22. The van der Waals surface area contributed by atoms with E-state index in [0.717, 1.165) is 0 Å². The van der Waals surface area contributed by atoms with Crippen LogP contribution in [0.15, 0.2) is 48.5 Å². The van der Waals surface area contributed by atoms with E-state index in [4.69, 9.17) is 11.6 Å². The Morgan fingerprint density at radius 1 is 0.880 bits per heavy atom. The number of benzene rings is 2. The standard InChI is InChI=1S/C19H19ClN2O3/c1-21(2)17(23)12-22(3)19(25)16-7-5-4-6-15(16)18(24)13-8-10-14(20)11-9-13/h4-11H,12H2,1-3H3. The van der Waals surface area contributed by atoms with Gasteiger partial charge in [0.15, 0.2) is 5.78 Å². The topological polar surface area (TPSA) is 57.7 Å². The van der Waals surface area contributed by atoms with Gasteiger partial charge in [0.25, 0.3) is 5.91 Å². The van der Waals surface area contributed by atoms with Crippen molar-refractivity contribution in [3.8, 4) is 0 Å². The van der Waals surface area contributed by atoms with E-state index < -0.39 is 0 Å². The Morgan fingerprint density at radius 2 is 1.44 bits per heavy atom. The van der Waals surface area contributed by atoms with Crippen molar-refractivity contribution in [1.82, 2.24) is 9.80 Å². The summed E-state index contributed by atoms with van der Waals surface area (Å²) in [5.41, 5.74) is 0.993. The van der Waals surface area contributed by atoms with Crippen molar-refractivity contribution in [1.29, 1.82) is 0 Å². The zero-order chi connectivity index (χ0) is 18.6. The zero-order valence-electron chi connectivity index (χ0n) is 14.3. The minimum atomic E-state index is -0.381. The Labute approximate surface area is 151 Å². The number of hydrogen-bond acceptors (Lipinski definition) is 3. The Hall–Kier alpha value is -2.66. The maximum absolute atomic E-state index is 12.7. The fourth-order valence-electron chi connectivity index (χ4n) is 2.25. The molecule has 0 saturated carbocycles. The molecule has 2 amide bonds. The normalized spacial score (nSPS) is 10.2. The number of amides is 2. The van der Waals surface area contributed by atoms with E-state index in [9.17, 15) is 14.4 Å². The van der Waals surface area contributed by atoms with Gasteiger partial charge < -0.3 is 9.80 Å². The second-order valence-electron chi connectivity index (χ2n) is 5.83. The van der Waals surface area contributed by atoms with Crippen LogP contribution in [0, 0.1) is 0 Å². The molecule has 0 radical (unpaired) electrons. The SMILES string of the molecule is CN(C)C(=O)CN(C)C(=O)c1ccccc1C(=O)c1ccc(Cl)cc1. The van der Waals surface area contributed by atoms with Crippen molar-refractivity contribution in [2.75, 3.05) is 27.7 Å². The van der Waals surface area contributed by atoms with Gasteiger partial charge in [-0.3, -0.25) is 14.4 Å². The maximum Gasteiger partial charge on any atom is 0.254 e. The first-order chi connectivity index (χ1) is 11.8. The molecule has 2 rings (SSSR count). The number of carbonyl (C=O) groups is 3. The quantitative estimate of drug-likeness (QED) is 0.772. The monoisotopic (exact) mass is 358 g/mol. The number of nitrogens with zero attached hydrogens (tertiary/aromatic N) is 2. The smallest absolute Gasteiger partial charge is 0.254 e. The summed E-state index contributed by atoms with van der Waals surface area (Å²) in [5.74, 6) is -0.849. The molecule has 0 atom stereocenters. The van der Waals surface area contributed by atoms with Crippen molar-refractivity contribution in [3.63, 3.8) is 0 Å². The van der Waals surface area contributed by atoms with Crippen LogP contribution in [0.25, 0.3) is 0 Å². The van der Waals surface area contributed by atoms with Gasteiger partial charge in [0.05, 0.1) is 12.1 Å². The third-order valence-corrected chi connectivity index (χ3v) is 3.98. The Balaban J connectivity index is 2.31. The van der Waals surface area contributed by atoms with E-state index in [1.54, 1.807) is 62.6 Å². The van der Waals surface area contributed by atoms with E-state index in [0.29, 0.717) is 16.1 Å². The molecule has 5 nitrogen and oxygen atoms in total. The van der Waals surface area contributed by atoms with E-state index in [-0.39, 0.29) is 29.7 Å². The predicted molar refractivity (Wildman–Crippen MR) is 97.0 cm³/mol. The van der Waals surface area contributed by atoms with Crippen LogP contribution >= 0.6 is 11.6 Å². The van der Waals surface area contributed by atoms with Gasteiger partial charge in [-0.05, 0) is 30.3 Å². The number of hydrogen-bond donors (Lipinski definition) is 0. The molecule has 2 aromatic rings. The molecule has 6 heteroatoms. The Kier molecular flexibility index (Phi) is 5.93. The van der Waals surface area contributed by atoms with E-state index >= 15 is 0 Å². The summed E-state index contributed by atoms with van der Waals surface area (Å²) in [7, 11) is 4.78. The number of halogens is 1. The lowest BCUT2D eigenvalue weighted by Crippen LogP contribution is -2.38. The highest BCUT2D eigenvalue weighted by atomic mass is 35.5.